The van der Waals surface area contributed by atoms with Crippen LogP contribution in [-0.4, -0.2) is 23.2 Å². The Balaban J connectivity index is 2.05. The predicted molar refractivity (Wildman–Crippen MR) is 64.0 cm³/mol. The van der Waals surface area contributed by atoms with Gasteiger partial charge < -0.3 is 10.4 Å². The van der Waals surface area contributed by atoms with Crippen molar-refractivity contribution < 1.29 is 5.11 Å². The lowest BCUT2D eigenvalue weighted by atomic mass is 9.80. The molecule has 0 spiro atoms. The van der Waals surface area contributed by atoms with Gasteiger partial charge in [0.15, 0.2) is 0 Å². The fourth-order valence-corrected chi connectivity index (χ4v) is 2.67. The first-order chi connectivity index (χ1) is 7.81. The SMILES string of the molecule is CNC(c1cccnc1)C1CCC(O)CC1. The van der Waals surface area contributed by atoms with Gasteiger partial charge in [0.25, 0.3) is 0 Å². The molecule has 1 heterocycles. The molecule has 0 amide bonds. The van der Waals surface area contributed by atoms with Crippen LogP contribution in [0.15, 0.2) is 24.5 Å². The second kappa shape index (κ2) is 5.41. The number of aliphatic hydroxyl groups excluding tert-OH is 1. The second-order valence-corrected chi connectivity index (χ2v) is 4.62. The highest BCUT2D eigenvalue weighted by atomic mass is 16.3. The smallest absolute Gasteiger partial charge is 0.0540 e. The Hall–Kier alpha value is -0.930. The van der Waals surface area contributed by atoms with E-state index in [1.54, 1.807) is 6.20 Å². The molecule has 1 aliphatic rings. The van der Waals surface area contributed by atoms with Crippen LogP contribution in [0.5, 0.6) is 0 Å². The molecule has 3 nitrogen and oxygen atoms in total. The van der Waals surface area contributed by atoms with Crippen molar-refractivity contribution in [3.63, 3.8) is 0 Å². The second-order valence-electron chi connectivity index (χ2n) is 4.62. The van der Waals surface area contributed by atoms with Gasteiger partial charge in [-0.05, 0) is 50.3 Å². The number of rotatable bonds is 3. The third-order valence-electron chi connectivity index (χ3n) is 3.57. The fraction of sp³-hybridized carbons (Fsp3) is 0.615. The van der Waals surface area contributed by atoms with Crippen LogP contribution in [0.3, 0.4) is 0 Å². The zero-order chi connectivity index (χ0) is 11.4. The first-order valence-electron chi connectivity index (χ1n) is 6.06. The summed E-state index contributed by atoms with van der Waals surface area (Å²) in [7, 11) is 2.00. The summed E-state index contributed by atoms with van der Waals surface area (Å²) in [6, 6.07) is 4.48. The van der Waals surface area contributed by atoms with Crippen molar-refractivity contribution in [2.45, 2.75) is 37.8 Å². The summed E-state index contributed by atoms with van der Waals surface area (Å²) >= 11 is 0. The first kappa shape index (κ1) is 11.6. The minimum absolute atomic E-state index is 0.0809. The molecule has 1 saturated carbocycles. The van der Waals surface area contributed by atoms with E-state index in [2.05, 4.69) is 16.4 Å². The van der Waals surface area contributed by atoms with Gasteiger partial charge >= 0.3 is 0 Å². The Kier molecular flexibility index (Phi) is 3.91. The van der Waals surface area contributed by atoms with Gasteiger partial charge in [-0.3, -0.25) is 4.98 Å². The van der Waals surface area contributed by atoms with Crippen LogP contribution in [0, 0.1) is 5.92 Å². The zero-order valence-electron chi connectivity index (χ0n) is 9.76. The lowest BCUT2D eigenvalue weighted by Crippen LogP contribution is -2.30. The number of aromatic nitrogens is 1. The van der Waals surface area contributed by atoms with E-state index in [4.69, 9.17) is 0 Å². The van der Waals surface area contributed by atoms with E-state index in [-0.39, 0.29) is 6.10 Å². The summed E-state index contributed by atoms with van der Waals surface area (Å²) in [6.07, 6.45) is 7.73. The molecule has 2 N–H and O–H groups in total. The van der Waals surface area contributed by atoms with Crippen LogP contribution in [0.1, 0.15) is 37.3 Å². The first-order valence-corrected chi connectivity index (χ1v) is 6.06. The van der Waals surface area contributed by atoms with Crippen LogP contribution >= 0.6 is 0 Å². The third kappa shape index (κ3) is 2.60. The molecule has 3 heteroatoms. The maximum Gasteiger partial charge on any atom is 0.0540 e. The predicted octanol–water partition coefficient (Wildman–Crippen LogP) is 1.89. The van der Waals surface area contributed by atoms with Crippen LogP contribution in [-0.2, 0) is 0 Å². The van der Waals surface area contributed by atoms with Crippen molar-refractivity contribution in [3.05, 3.63) is 30.1 Å². The molecule has 2 rings (SSSR count). The summed E-state index contributed by atoms with van der Waals surface area (Å²) < 4.78 is 0. The average molecular weight is 220 g/mol. The standard InChI is InChI=1S/C13H20N2O/c1-14-13(11-3-2-8-15-9-11)10-4-6-12(16)7-5-10/h2-3,8-10,12-14,16H,4-7H2,1H3. The Morgan fingerprint density at radius 1 is 1.38 bits per heavy atom. The monoisotopic (exact) mass is 220 g/mol. The third-order valence-corrected chi connectivity index (χ3v) is 3.57. The average Bonchev–Trinajstić information content (AvgIpc) is 2.34. The summed E-state index contributed by atoms with van der Waals surface area (Å²) in [4.78, 5) is 4.17. The van der Waals surface area contributed by atoms with Crippen molar-refractivity contribution >= 4 is 0 Å². The van der Waals surface area contributed by atoms with Crippen molar-refractivity contribution in [2.24, 2.45) is 5.92 Å². The normalized spacial score (nSPS) is 27.6. The zero-order valence-corrected chi connectivity index (χ0v) is 9.76. The van der Waals surface area contributed by atoms with Gasteiger partial charge in [0, 0.05) is 18.4 Å². The Morgan fingerprint density at radius 2 is 2.12 bits per heavy atom. The maximum absolute atomic E-state index is 9.52. The number of pyridine rings is 1. The van der Waals surface area contributed by atoms with Gasteiger partial charge in [-0.15, -0.1) is 0 Å². The number of nitrogens with zero attached hydrogens (tertiary/aromatic N) is 1. The molecule has 1 aromatic rings. The van der Waals surface area contributed by atoms with Crippen LogP contribution in [0.2, 0.25) is 0 Å². The molecule has 0 bridgehead atoms. The van der Waals surface area contributed by atoms with E-state index in [1.165, 1.54) is 5.56 Å². The van der Waals surface area contributed by atoms with Gasteiger partial charge in [-0.1, -0.05) is 6.07 Å². The Morgan fingerprint density at radius 3 is 2.69 bits per heavy atom. The van der Waals surface area contributed by atoms with Crippen LogP contribution < -0.4 is 5.32 Å². The van der Waals surface area contributed by atoms with Crippen molar-refractivity contribution in [3.8, 4) is 0 Å². The topological polar surface area (TPSA) is 45.2 Å². The van der Waals surface area contributed by atoms with E-state index >= 15 is 0 Å². The lowest BCUT2D eigenvalue weighted by molar-refractivity contribution is 0.0981. The van der Waals surface area contributed by atoms with Gasteiger partial charge in [-0.25, -0.2) is 0 Å². The van der Waals surface area contributed by atoms with E-state index in [0.29, 0.717) is 12.0 Å². The quantitative estimate of drug-likeness (QED) is 0.817. The summed E-state index contributed by atoms with van der Waals surface area (Å²) in [5.41, 5.74) is 1.26. The minimum Gasteiger partial charge on any atom is -0.393 e. The van der Waals surface area contributed by atoms with Crippen molar-refractivity contribution in [1.82, 2.24) is 10.3 Å². The molecule has 16 heavy (non-hydrogen) atoms. The lowest BCUT2D eigenvalue weighted by Gasteiger charge is -2.32. The van der Waals surface area contributed by atoms with Crippen molar-refractivity contribution in [1.29, 1.82) is 0 Å². The molecule has 0 radical (unpaired) electrons. The molecule has 1 unspecified atom stereocenters. The highest BCUT2D eigenvalue weighted by Crippen LogP contribution is 2.33. The molecule has 1 aromatic heterocycles. The molecule has 0 aromatic carbocycles. The molecular weight excluding hydrogens is 200 g/mol. The molecule has 1 atom stereocenters. The molecule has 0 aliphatic heterocycles. The van der Waals surface area contributed by atoms with E-state index in [0.717, 1.165) is 25.7 Å². The number of nitrogens with one attached hydrogen (secondary N) is 1. The maximum atomic E-state index is 9.52. The summed E-state index contributed by atoms with van der Waals surface area (Å²) in [6.45, 7) is 0. The van der Waals surface area contributed by atoms with E-state index < -0.39 is 0 Å². The minimum atomic E-state index is -0.0809. The summed E-state index contributed by atoms with van der Waals surface area (Å²) in [5.74, 6) is 0.623. The summed E-state index contributed by atoms with van der Waals surface area (Å²) in [5, 5.41) is 12.9. The molecule has 0 saturated heterocycles. The molecule has 1 fully saturated rings. The van der Waals surface area contributed by atoms with Crippen LogP contribution in [0.25, 0.3) is 0 Å². The molecular formula is C13H20N2O. The van der Waals surface area contributed by atoms with Gasteiger partial charge in [0.05, 0.1) is 6.10 Å². The highest BCUT2D eigenvalue weighted by molar-refractivity contribution is 5.15. The van der Waals surface area contributed by atoms with Crippen molar-refractivity contribution in [2.75, 3.05) is 7.05 Å². The largest absolute Gasteiger partial charge is 0.393 e. The molecule has 1 aliphatic carbocycles. The van der Waals surface area contributed by atoms with E-state index in [9.17, 15) is 5.11 Å². The Bertz CT molecular complexity index is 307. The highest BCUT2D eigenvalue weighted by Gasteiger charge is 2.26. The fourth-order valence-electron chi connectivity index (χ4n) is 2.67. The Labute approximate surface area is 96.9 Å². The van der Waals surface area contributed by atoms with E-state index in [1.807, 2.05) is 19.3 Å². The number of aliphatic hydroxyl groups is 1. The van der Waals surface area contributed by atoms with Gasteiger partial charge in [0.1, 0.15) is 0 Å². The van der Waals surface area contributed by atoms with Crippen LogP contribution in [0.4, 0.5) is 0 Å². The van der Waals surface area contributed by atoms with Gasteiger partial charge in [-0.2, -0.15) is 0 Å². The van der Waals surface area contributed by atoms with Gasteiger partial charge in [0.2, 0.25) is 0 Å². The number of hydrogen-bond acceptors (Lipinski definition) is 3. The molecule has 88 valence electrons. The number of hydrogen-bond donors (Lipinski definition) is 2.